The van der Waals surface area contributed by atoms with E-state index >= 15 is 0 Å². The third-order valence-electron chi connectivity index (χ3n) is 6.87. The molecule has 5 rings (SSSR count). The second-order valence-corrected chi connectivity index (χ2v) is 10.7. The third kappa shape index (κ3) is 8.80. The number of halogens is 2. The zero-order valence-electron chi connectivity index (χ0n) is 25.6. The first-order chi connectivity index (χ1) is 22.4. The molecule has 5 aromatic rings. The number of ether oxygens (including phenoxy) is 2. The van der Waals surface area contributed by atoms with Crippen molar-refractivity contribution in [1.82, 2.24) is 15.0 Å². The van der Waals surface area contributed by atoms with Crippen LogP contribution in [-0.2, 0) is 13.2 Å². The van der Waals surface area contributed by atoms with Gasteiger partial charge in [-0.15, -0.1) is 0 Å². The molecule has 0 unspecified atom stereocenters. The number of hydrogen-bond donors (Lipinski definition) is 3. The van der Waals surface area contributed by atoms with Crippen molar-refractivity contribution in [2.24, 2.45) is 5.10 Å². The van der Waals surface area contributed by atoms with Gasteiger partial charge < -0.3 is 29.4 Å². The Morgan fingerprint density at radius 2 is 1.70 bits per heavy atom. The summed E-state index contributed by atoms with van der Waals surface area (Å²) < 4.78 is 16.9. The fourth-order valence-corrected chi connectivity index (χ4v) is 4.90. The number of anilines is 5. The van der Waals surface area contributed by atoms with Gasteiger partial charge in [0, 0.05) is 51.7 Å². The number of furan rings is 1. The molecule has 3 aromatic carbocycles. The minimum Gasteiger partial charge on any atom is -0.497 e. The smallest absolute Gasteiger partial charge is 0.250 e. The molecule has 3 N–H and O–H groups in total. The Morgan fingerprint density at radius 3 is 2.41 bits per heavy atom. The van der Waals surface area contributed by atoms with Crippen molar-refractivity contribution in [2.45, 2.75) is 27.0 Å². The average Bonchev–Trinajstić information content (AvgIpc) is 3.59. The third-order valence-corrected chi connectivity index (χ3v) is 7.46. The van der Waals surface area contributed by atoms with Crippen LogP contribution in [0, 0.1) is 0 Å². The minimum absolute atomic E-state index is 0.222. The molecular formula is C33H34Cl2N8O3. The van der Waals surface area contributed by atoms with E-state index in [9.17, 15) is 0 Å². The lowest BCUT2D eigenvalue weighted by Gasteiger charge is -2.22. The lowest BCUT2D eigenvalue weighted by Crippen LogP contribution is -2.21. The van der Waals surface area contributed by atoms with E-state index in [-0.39, 0.29) is 12.6 Å². The molecule has 0 fully saturated rings. The van der Waals surface area contributed by atoms with Crippen LogP contribution < -0.4 is 30.4 Å². The summed E-state index contributed by atoms with van der Waals surface area (Å²) in [5.41, 5.74) is 6.30. The standard InChI is InChI=1S/C33H34Cl2N8O3/c1-4-43(5-2)26-13-9-22(30(18-26)46-21-23-8-10-24(34)17-29(23)35)19-37-42-33-40-31(36-20-28-7-6-16-45-28)39-32(41-33)38-25-11-14-27(44-3)15-12-25/h6-19H,4-5,20-21H2,1-3H3,(H3,36,38,39,40,41,42)/b37-19+. The van der Waals surface area contributed by atoms with Gasteiger partial charge in [-0.05, 0) is 74.5 Å². The molecule has 11 nitrogen and oxygen atoms in total. The van der Waals surface area contributed by atoms with Crippen molar-refractivity contribution >= 4 is 58.6 Å². The van der Waals surface area contributed by atoms with Crippen LogP contribution in [0.3, 0.4) is 0 Å². The van der Waals surface area contributed by atoms with Gasteiger partial charge in [-0.25, -0.2) is 5.43 Å². The monoisotopic (exact) mass is 660 g/mol. The van der Waals surface area contributed by atoms with E-state index in [4.69, 9.17) is 37.1 Å². The zero-order valence-corrected chi connectivity index (χ0v) is 27.1. The van der Waals surface area contributed by atoms with Gasteiger partial charge in [0.2, 0.25) is 17.8 Å². The van der Waals surface area contributed by atoms with Crippen LogP contribution in [0.1, 0.15) is 30.7 Å². The van der Waals surface area contributed by atoms with Crippen LogP contribution in [0.4, 0.5) is 29.2 Å². The molecule has 0 radical (unpaired) electrons. The second kappa shape index (κ2) is 15.8. The number of hydrogen-bond acceptors (Lipinski definition) is 11. The molecule has 0 amide bonds. The lowest BCUT2D eigenvalue weighted by atomic mass is 10.1. The van der Waals surface area contributed by atoms with Crippen molar-refractivity contribution in [2.75, 3.05) is 41.2 Å². The normalized spacial score (nSPS) is 11.0. The molecule has 2 heterocycles. The van der Waals surface area contributed by atoms with Crippen molar-refractivity contribution in [3.63, 3.8) is 0 Å². The van der Waals surface area contributed by atoms with E-state index < -0.39 is 0 Å². The first-order valence-corrected chi connectivity index (χ1v) is 15.4. The molecule has 0 atom stereocenters. The van der Waals surface area contributed by atoms with Crippen LogP contribution in [0.5, 0.6) is 11.5 Å². The van der Waals surface area contributed by atoms with Gasteiger partial charge in [0.05, 0.1) is 26.1 Å². The van der Waals surface area contributed by atoms with Gasteiger partial charge in [0.15, 0.2) is 0 Å². The van der Waals surface area contributed by atoms with Gasteiger partial charge in [-0.1, -0.05) is 29.3 Å². The highest BCUT2D eigenvalue weighted by atomic mass is 35.5. The molecule has 2 aromatic heterocycles. The second-order valence-electron chi connectivity index (χ2n) is 9.88. The number of nitrogens with zero attached hydrogens (tertiary/aromatic N) is 5. The summed E-state index contributed by atoms with van der Waals surface area (Å²) >= 11 is 12.5. The van der Waals surface area contributed by atoms with Gasteiger partial charge in [-0.2, -0.15) is 20.1 Å². The number of methoxy groups -OCH3 is 1. The van der Waals surface area contributed by atoms with Gasteiger partial charge in [0.1, 0.15) is 23.9 Å². The summed E-state index contributed by atoms with van der Waals surface area (Å²) in [6.07, 6.45) is 3.26. The Labute approximate surface area is 277 Å². The molecule has 0 bridgehead atoms. The molecule has 13 heteroatoms. The molecule has 46 heavy (non-hydrogen) atoms. The summed E-state index contributed by atoms with van der Waals surface area (Å²) in [6, 6.07) is 22.4. The van der Waals surface area contributed by atoms with Crippen LogP contribution in [0.25, 0.3) is 0 Å². The molecule has 0 aliphatic heterocycles. The Kier molecular flexibility index (Phi) is 11.1. The minimum atomic E-state index is 0.222. The van der Waals surface area contributed by atoms with Crippen molar-refractivity contribution in [3.8, 4) is 11.5 Å². The molecule has 0 saturated heterocycles. The highest BCUT2D eigenvalue weighted by Crippen LogP contribution is 2.28. The van der Waals surface area contributed by atoms with Crippen molar-refractivity contribution < 1.29 is 13.9 Å². The predicted octanol–water partition coefficient (Wildman–Crippen LogP) is 8.01. The van der Waals surface area contributed by atoms with Gasteiger partial charge in [0.25, 0.3) is 0 Å². The summed E-state index contributed by atoms with van der Waals surface area (Å²) in [5.74, 6) is 2.97. The first-order valence-electron chi connectivity index (χ1n) is 14.6. The molecular weight excluding hydrogens is 627 g/mol. The number of hydrazone groups is 1. The summed E-state index contributed by atoms with van der Waals surface area (Å²) in [5, 5.41) is 11.9. The van der Waals surface area contributed by atoms with Crippen molar-refractivity contribution in [1.29, 1.82) is 0 Å². The quantitative estimate of drug-likeness (QED) is 0.0751. The van der Waals surface area contributed by atoms with E-state index in [1.807, 2.05) is 60.7 Å². The summed E-state index contributed by atoms with van der Waals surface area (Å²) in [4.78, 5) is 15.7. The Bertz CT molecular complexity index is 1750. The van der Waals surface area contributed by atoms with Crippen molar-refractivity contribution in [3.05, 3.63) is 106 Å². The Morgan fingerprint density at radius 1 is 0.913 bits per heavy atom. The van der Waals surface area contributed by atoms with Crippen LogP contribution in [0.15, 0.2) is 88.6 Å². The zero-order chi connectivity index (χ0) is 32.3. The van der Waals surface area contributed by atoms with E-state index in [2.05, 4.69) is 54.9 Å². The Balaban J connectivity index is 1.37. The van der Waals surface area contributed by atoms with Gasteiger partial charge in [-0.3, -0.25) is 0 Å². The molecule has 238 valence electrons. The van der Waals surface area contributed by atoms with E-state index in [0.717, 1.165) is 47.1 Å². The number of rotatable bonds is 15. The van der Waals surface area contributed by atoms with Gasteiger partial charge >= 0.3 is 0 Å². The number of aromatic nitrogens is 3. The number of nitrogens with one attached hydrogen (secondary N) is 3. The average molecular weight is 662 g/mol. The van der Waals surface area contributed by atoms with Crippen LogP contribution >= 0.6 is 23.2 Å². The SMILES string of the molecule is CCN(CC)c1ccc(/C=N/Nc2nc(NCc3ccco3)nc(Nc3ccc(OC)cc3)n2)c(OCc2ccc(Cl)cc2Cl)c1. The molecule has 0 saturated carbocycles. The fraction of sp³-hybridized carbons (Fsp3) is 0.212. The summed E-state index contributed by atoms with van der Waals surface area (Å²) in [7, 11) is 1.62. The highest BCUT2D eigenvalue weighted by molar-refractivity contribution is 6.35. The van der Waals surface area contributed by atoms with Crippen LogP contribution in [-0.4, -0.2) is 41.4 Å². The first kappa shape index (κ1) is 32.4. The maximum absolute atomic E-state index is 6.41. The van der Waals surface area contributed by atoms with E-state index in [1.54, 1.807) is 31.7 Å². The molecule has 0 aliphatic carbocycles. The van der Waals surface area contributed by atoms with E-state index in [0.29, 0.717) is 34.2 Å². The van der Waals surface area contributed by atoms with Crippen LogP contribution in [0.2, 0.25) is 10.0 Å². The predicted molar refractivity (Wildman–Crippen MR) is 184 cm³/mol. The number of benzene rings is 3. The topological polar surface area (TPSA) is 122 Å². The maximum atomic E-state index is 6.41. The molecule has 0 spiro atoms. The van der Waals surface area contributed by atoms with E-state index in [1.165, 1.54) is 0 Å². The lowest BCUT2D eigenvalue weighted by molar-refractivity contribution is 0.306. The maximum Gasteiger partial charge on any atom is 0.250 e. The molecule has 0 aliphatic rings. The summed E-state index contributed by atoms with van der Waals surface area (Å²) in [6.45, 7) is 6.58. The fourth-order valence-electron chi connectivity index (χ4n) is 4.44. The highest BCUT2D eigenvalue weighted by Gasteiger charge is 2.11. The largest absolute Gasteiger partial charge is 0.497 e. The Hall–Kier alpha value is -5.00.